The predicted molar refractivity (Wildman–Crippen MR) is 100 cm³/mol. The Morgan fingerprint density at radius 2 is 1.92 bits per heavy atom. The van der Waals surface area contributed by atoms with Gasteiger partial charge in [0.15, 0.2) is 0 Å². The van der Waals surface area contributed by atoms with Crippen LogP contribution in [0.5, 0.6) is 5.75 Å². The number of esters is 1. The van der Waals surface area contributed by atoms with E-state index in [0.717, 1.165) is 25.0 Å². The molecule has 0 saturated carbocycles. The van der Waals surface area contributed by atoms with Gasteiger partial charge in [-0.25, -0.2) is 4.79 Å². The van der Waals surface area contributed by atoms with E-state index in [0.29, 0.717) is 13.2 Å². The fourth-order valence-electron chi connectivity index (χ4n) is 2.88. The number of unbranched alkanes of at least 4 members (excludes halogenated alkanes) is 1. The molecule has 2 aromatic rings. The molecule has 0 fully saturated rings. The zero-order chi connectivity index (χ0) is 17.5. The van der Waals surface area contributed by atoms with Crippen LogP contribution in [0.1, 0.15) is 29.5 Å². The number of fused-ring (bicyclic) bond motifs is 1. The Balaban J connectivity index is 1.50. The largest absolute Gasteiger partial charge is 0.494 e. The molecule has 0 N–H and O–H groups in total. The van der Waals surface area contributed by atoms with Gasteiger partial charge in [0.2, 0.25) is 0 Å². The maximum Gasteiger partial charge on any atom is 0.330 e. The maximum atomic E-state index is 10.9. The van der Waals surface area contributed by atoms with Crippen molar-refractivity contribution in [2.45, 2.75) is 19.3 Å². The third kappa shape index (κ3) is 4.60. The molecule has 1 aliphatic rings. The second-order valence-corrected chi connectivity index (χ2v) is 6.00. The van der Waals surface area contributed by atoms with Gasteiger partial charge in [-0.15, -0.1) is 0 Å². The summed E-state index contributed by atoms with van der Waals surface area (Å²) < 4.78 is 10.8. The fourth-order valence-corrected chi connectivity index (χ4v) is 2.88. The quantitative estimate of drug-likeness (QED) is 0.400. The molecule has 0 amide bonds. The molecule has 0 spiro atoms. The van der Waals surface area contributed by atoms with Crippen LogP contribution in [0.4, 0.5) is 0 Å². The van der Waals surface area contributed by atoms with E-state index in [-0.39, 0.29) is 5.97 Å². The number of benzene rings is 2. The summed E-state index contributed by atoms with van der Waals surface area (Å²) in [5, 5.41) is 0. The minimum absolute atomic E-state index is 0.376. The molecule has 2 aromatic carbocycles. The van der Waals surface area contributed by atoms with Gasteiger partial charge >= 0.3 is 5.97 Å². The van der Waals surface area contributed by atoms with Crippen LogP contribution in [0, 0.1) is 0 Å². The third-order valence-corrected chi connectivity index (χ3v) is 4.19. The second-order valence-electron chi connectivity index (χ2n) is 6.00. The van der Waals surface area contributed by atoms with Gasteiger partial charge in [0.05, 0.1) is 13.2 Å². The van der Waals surface area contributed by atoms with E-state index < -0.39 is 0 Å². The molecule has 1 aliphatic carbocycles. The van der Waals surface area contributed by atoms with Crippen molar-refractivity contribution in [3.8, 4) is 5.75 Å². The first-order chi connectivity index (χ1) is 12.3. The topological polar surface area (TPSA) is 35.5 Å². The van der Waals surface area contributed by atoms with Gasteiger partial charge < -0.3 is 9.47 Å². The molecule has 0 bridgehead atoms. The summed E-state index contributed by atoms with van der Waals surface area (Å²) in [6.45, 7) is 4.37. The molecule has 3 rings (SSSR count). The van der Waals surface area contributed by atoms with Crippen molar-refractivity contribution in [2.24, 2.45) is 0 Å². The molecule has 0 unspecified atom stereocenters. The average molecular weight is 334 g/mol. The van der Waals surface area contributed by atoms with Gasteiger partial charge in [-0.05, 0) is 53.7 Å². The van der Waals surface area contributed by atoms with Gasteiger partial charge in [-0.3, -0.25) is 0 Å². The van der Waals surface area contributed by atoms with Gasteiger partial charge in [-0.1, -0.05) is 49.1 Å². The van der Waals surface area contributed by atoms with Crippen molar-refractivity contribution in [1.29, 1.82) is 0 Å². The lowest BCUT2D eigenvalue weighted by atomic mass is 10.0. The summed E-state index contributed by atoms with van der Waals surface area (Å²) in [7, 11) is 0. The van der Waals surface area contributed by atoms with E-state index in [1.165, 1.54) is 28.3 Å². The Bertz CT molecular complexity index is 789. The molecule has 0 aliphatic heterocycles. The number of hydrogen-bond donors (Lipinski definition) is 0. The Morgan fingerprint density at radius 3 is 2.76 bits per heavy atom. The minimum Gasteiger partial charge on any atom is -0.494 e. The lowest BCUT2D eigenvalue weighted by Gasteiger charge is -2.09. The van der Waals surface area contributed by atoms with Crippen LogP contribution in [-0.4, -0.2) is 19.2 Å². The summed E-state index contributed by atoms with van der Waals surface area (Å²) in [5.74, 6) is 0.497. The molecule has 0 saturated heterocycles. The van der Waals surface area contributed by atoms with E-state index in [1.807, 2.05) is 12.1 Å². The van der Waals surface area contributed by atoms with E-state index >= 15 is 0 Å². The van der Waals surface area contributed by atoms with Crippen LogP contribution < -0.4 is 4.74 Å². The normalized spacial score (nSPS) is 12.2. The van der Waals surface area contributed by atoms with Crippen LogP contribution >= 0.6 is 0 Å². The Hall–Kier alpha value is -2.81. The van der Waals surface area contributed by atoms with Crippen LogP contribution in [0.15, 0.2) is 61.2 Å². The van der Waals surface area contributed by atoms with Crippen molar-refractivity contribution in [3.63, 3.8) is 0 Å². The minimum atomic E-state index is -0.376. The summed E-state index contributed by atoms with van der Waals surface area (Å²) in [6, 6.07) is 16.7. The Labute approximate surface area is 148 Å². The predicted octanol–water partition coefficient (Wildman–Crippen LogP) is 4.67. The van der Waals surface area contributed by atoms with Crippen molar-refractivity contribution in [1.82, 2.24) is 0 Å². The molecule has 0 heterocycles. The Kier molecular flexibility index (Phi) is 5.68. The van der Waals surface area contributed by atoms with E-state index in [1.54, 1.807) is 0 Å². The van der Waals surface area contributed by atoms with E-state index in [4.69, 9.17) is 9.47 Å². The van der Waals surface area contributed by atoms with Crippen molar-refractivity contribution in [3.05, 3.63) is 77.9 Å². The van der Waals surface area contributed by atoms with Gasteiger partial charge in [0, 0.05) is 6.08 Å². The summed E-state index contributed by atoms with van der Waals surface area (Å²) in [4.78, 5) is 10.9. The van der Waals surface area contributed by atoms with Crippen molar-refractivity contribution in [2.75, 3.05) is 13.2 Å². The Morgan fingerprint density at radius 1 is 1.08 bits per heavy atom. The first-order valence-electron chi connectivity index (χ1n) is 8.57. The lowest BCUT2D eigenvalue weighted by molar-refractivity contribution is -0.137. The van der Waals surface area contributed by atoms with Crippen LogP contribution in [0.2, 0.25) is 0 Å². The van der Waals surface area contributed by atoms with Gasteiger partial charge in [-0.2, -0.15) is 0 Å². The molecule has 25 heavy (non-hydrogen) atoms. The molecule has 3 heteroatoms. The van der Waals surface area contributed by atoms with Crippen LogP contribution in [-0.2, 0) is 16.0 Å². The lowest BCUT2D eigenvalue weighted by Crippen LogP contribution is -2.04. The van der Waals surface area contributed by atoms with Crippen LogP contribution in [0.25, 0.3) is 11.6 Å². The molecular weight excluding hydrogens is 312 g/mol. The van der Waals surface area contributed by atoms with Crippen molar-refractivity contribution >= 4 is 17.6 Å². The van der Waals surface area contributed by atoms with Crippen molar-refractivity contribution < 1.29 is 14.3 Å². The standard InChI is InChI=1S/C22H22O3/c1-2-22(23)25-13-6-5-12-24-21-11-7-10-19(16-21)20-14-17-8-3-4-9-18(17)15-20/h2-4,7-11,14,16H,1,5-6,12-13,15H2. The summed E-state index contributed by atoms with van der Waals surface area (Å²) >= 11 is 0. The summed E-state index contributed by atoms with van der Waals surface area (Å²) in [5.41, 5.74) is 5.20. The molecule has 0 aromatic heterocycles. The molecule has 0 atom stereocenters. The summed E-state index contributed by atoms with van der Waals surface area (Å²) in [6.07, 6.45) is 6.01. The smallest absolute Gasteiger partial charge is 0.330 e. The fraction of sp³-hybridized carbons (Fsp3) is 0.227. The number of rotatable bonds is 8. The average Bonchev–Trinajstić information content (AvgIpc) is 3.09. The zero-order valence-electron chi connectivity index (χ0n) is 14.2. The molecule has 0 radical (unpaired) electrons. The molecular formula is C22H22O3. The SMILES string of the molecule is C=CC(=O)OCCCCOc1cccc(C2=Cc3ccccc3C2)c1. The highest BCUT2D eigenvalue weighted by Crippen LogP contribution is 2.32. The van der Waals surface area contributed by atoms with E-state index in [2.05, 4.69) is 49.1 Å². The zero-order valence-corrected chi connectivity index (χ0v) is 14.2. The molecule has 3 nitrogen and oxygen atoms in total. The van der Waals surface area contributed by atoms with Gasteiger partial charge in [0.25, 0.3) is 0 Å². The maximum absolute atomic E-state index is 10.9. The number of hydrogen-bond acceptors (Lipinski definition) is 3. The van der Waals surface area contributed by atoms with E-state index in [9.17, 15) is 4.79 Å². The second kappa shape index (κ2) is 8.34. The highest BCUT2D eigenvalue weighted by atomic mass is 16.5. The number of allylic oxidation sites excluding steroid dienone is 1. The highest BCUT2D eigenvalue weighted by Gasteiger charge is 2.13. The third-order valence-electron chi connectivity index (χ3n) is 4.19. The highest BCUT2D eigenvalue weighted by molar-refractivity contribution is 5.88. The number of carbonyl (C=O) groups excluding carboxylic acids is 1. The first kappa shape index (κ1) is 17.0. The molecule has 128 valence electrons. The number of ether oxygens (including phenoxy) is 2. The number of carbonyl (C=O) groups is 1. The van der Waals surface area contributed by atoms with Gasteiger partial charge in [0.1, 0.15) is 5.75 Å². The first-order valence-corrected chi connectivity index (χ1v) is 8.57. The monoisotopic (exact) mass is 334 g/mol. The van der Waals surface area contributed by atoms with Crippen LogP contribution in [0.3, 0.4) is 0 Å².